The molecule has 0 aromatic carbocycles. The summed E-state index contributed by atoms with van der Waals surface area (Å²) in [6.45, 7) is 17.5. The van der Waals surface area contributed by atoms with Crippen LogP contribution >= 0.6 is 0 Å². The second kappa shape index (κ2) is 3.62. The van der Waals surface area contributed by atoms with Crippen LogP contribution in [0, 0.1) is 21.7 Å². The second-order valence-corrected chi connectivity index (χ2v) is 9.05. The van der Waals surface area contributed by atoms with Crippen molar-refractivity contribution in [2.75, 3.05) is 0 Å². The number of rotatable bonds is 0. The Bertz CT molecular complexity index is 453. The van der Waals surface area contributed by atoms with E-state index in [2.05, 4.69) is 67.5 Å². The van der Waals surface area contributed by atoms with Crippen LogP contribution in [0.25, 0.3) is 0 Å². The third kappa shape index (κ3) is 2.22. The van der Waals surface area contributed by atoms with Crippen molar-refractivity contribution in [3.63, 3.8) is 0 Å². The zero-order chi connectivity index (χ0) is 14.9. The van der Waals surface area contributed by atoms with Gasteiger partial charge < -0.3 is 0 Å². The van der Waals surface area contributed by atoms with Gasteiger partial charge >= 0.3 is 0 Å². The Morgan fingerprint density at radius 1 is 0.895 bits per heavy atom. The van der Waals surface area contributed by atoms with E-state index < -0.39 is 0 Å². The van der Waals surface area contributed by atoms with E-state index in [1.54, 1.807) is 0 Å². The van der Waals surface area contributed by atoms with Crippen LogP contribution in [-0.2, 0) is 4.79 Å². The molecule has 2 aliphatic carbocycles. The van der Waals surface area contributed by atoms with Gasteiger partial charge in [-0.1, -0.05) is 67.5 Å². The number of hydrogen-bond donors (Lipinski definition) is 0. The first kappa shape index (κ1) is 14.6. The fourth-order valence-electron chi connectivity index (χ4n) is 3.13. The number of carbonyl (C=O) groups is 1. The molecule has 1 heteroatoms. The van der Waals surface area contributed by atoms with Gasteiger partial charge in [0.15, 0.2) is 5.78 Å². The van der Waals surface area contributed by atoms with E-state index in [1.165, 1.54) is 0 Å². The van der Waals surface area contributed by atoms with Crippen molar-refractivity contribution < 1.29 is 4.79 Å². The van der Waals surface area contributed by atoms with Crippen LogP contribution in [0.2, 0.25) is 0 Å². The van der Waals surface area contributed by atoms with Gasteiger partial charge in [0.2, 0.25) is 0 Å². The first-order valence-corrected chi connectivity index (χ1v) is 7.32. The fraction of sp³-hybridized carbons (Fsp3) is 0.722. The molecule has 0 bridgehead atoms. The molecular formula is C18H28O. The van der Waals surface area contributed by atoms with Crippen LogP contribution in [0.5, 0.6) is 0 Å². The summed E-state index contributed by atoms with van der Waals surface area (Å²) in [5.41, 5.74) is 2.27. The zero-order valence-corrected chi connectivity index (χ0v) is 13.8. The molecule has 1 saturated carbocycles. The molecule has 0 atom stereocenters. The Morgan fingerprint density at radius 2 is 1.21 bits per heavy atom. The molecule has 0 aliphatic heterocycles. The summed E-state index contributed by atoms with van der Waals surface area (Å²) in [6.07, 6.45) is 5.70. The topological polar surface area (TPSA) is 17.1 Å². The van der Waals surface area contributed by atoms with E-state index in [1.807, 2.05) is 0 Å². The Kier molecular flexibility index (Phi) is 2.77. The Hall–Kier alpha value is -0.850. The van der Waals surface area contributed by atoms with Crippen molar-refractivity contribution in [2.24, 2.45) is 21.7 Å². The van der Waals surface area contributed by atoms with Gasteiger partial charge in [-0.05, 0) is 22.7 Å². The quantitative estimate of drug-likeness (QED) is 0.603. The largest absolute Gasteiger partial charge is 0.289 e. The molecule has 0 saturated heterocycles. The number of carbonyl (C=O) groups excluding carboxylic acids is 1. The van der Waals surface area contributed by atoms with Crippen LogP contribution in [0.4, 0.5) is 0 Å². The maximum atomic E-state index is 12.8. The minimum atomic E-state index is -0.0759. The standard InChI is InChI=1S/C18H28O/c1-15(2,3)12-9-18(11-17(18,7)8)10-13(14(12)19)16(4,5)6/h9-10H,11H2,1-8H3. The summed E-state index contributed by atoms with van der Waals surface area (Å²) < 4.78 is 0. The highest BCUT2D eigenvalue weighted by molar-refractivity contribution is 6.11. The van der Waals surface area contributed by atoms with Gasteiger partial charge in [-0.2, -0.15) is 0 Å². The number of Topliss-reactive ketones (excluding diaryl/α,β-unsaturated/α-hetero) is 1. The van der Waals surface area contributed by atoms with Gasteiger partial charge in [-0.25, -0.2) is 0 Å². The second-order valence-electron chi connectivity index (χ2n) is 9.05. The first-order valence-electron chi connectivity index (χ1n) is 7.32. The molecule has 0 N–H and O–H groups in total. The minimum Gasteiger partial charge on any atom is -0.289 e. The lowest BCUT2D eigenvalue weighted by molar-refractivity contribution is -0.114. The van der Waals surface area contributed by atoms with Crippen LogP contribution in [0.3, 0.4) is 0 Å². The van der Waals surface area contributed by atoms with Gasteiger partial charge in [0, 0.05) is 16.6 Å². The monoisotopic (exact) mass is 260 g/mol. The van der Waals surface area contributed by atoms with Crippen molar-refractivity contribution in [1.29, 1.82) is 0 Å². The maximum absolute atomic E-state index is 12.8. The predicted octanol–water partition coefficient (Wildman–Crippen LogP) is 4.93. The van der Waals surface area contributed by atoms with Gasteiger partial charge in [-0.3, -0.25) is 4.79 Å². The highest BCUT2D eigenvalue weighted by atomic mass is 16.1. The summed E-state index contributed by atoms with van der Waals surface area (Å²) in [5, 5.41) is 0. The Labute approximate surface area is 118 Å². The lowest BCUT2D eigenvalue weighted by Crippen LogP contribution is -2.30. The van der Waals surface area contributed by atoms with E-state index >= 15 is 0 Å². The first-order chi connectivity index (χ1) is 8.30. The van der Waals surface area contributed by atoms with Crippen molar-refractivity contribution >= 4 is 5.78 Å². The SMILES string of the molecule is CC(C)(C)C1=CC2(C=C(C(C)(C)C)C1=O)CC2(C)C. The normalized spacial score (nSPS) is 25.2. The molecule has 0 radical (unpaired) electrons. The minimum absolute atomic E-state index is 0.0759. The van der Waals surface area contributed by atoms with Crippen LogP contribution in [0.15, 0.2) is 23.3 Å². The lowest BCUT2D eigenvalue weighted by Gasteiger charge is -2.34. The zero-order valence-electron chi connectivity index (χ0n) is 13.8. The van der Waals surface area contributed by atoms with Crippen molar-refractivity contribution in [1.82, 2.24) is 0 Å². The highest BCUT2D eigenvalue weighted by Crippen LogP contribution is 2.68. The van der Waals surface area contributed by atoms with Crippen LogP contribution in [0.1, 0.15) is 61.8 Å². The molecule has 19 heavy (non-hydrogen) atoms. The average molecular weight is 260 g/mol. The van der Waals surface area contributed by atoms with Crippen molar-refractivity contribution in [3.05, 3.63) is 23.3 Å². The molecule has 0 aromatic heterocycles. The molecule has 0 unspecified atom stereocenters. The molecule has 2 aliphatic rings. The summed E-state index contributed by atoms with van der Waals surface area (Å²) in [6, 6.07) is 0. The summed E-state index contributed by atoms with van der Waals surface area (Å²) in [5.74, 6) is 0.258. The molecule has 0 heterocycles. The molecule has 1 fully saturated rings. The summed E-state index contributed by atoms with van der Waals surface area (Å²) in [7, 11) is 0. The molecule has 106 valence electrons. The summed E-state index contributed by atoms with van der Waals surface area (Å²) in [4.78, 5) is 12.8. The van der Waals surface area contributed by atoms with Gasteiger partial charge in [0.05, 0.1) is 0 Å². The Balaban J connectivity index is 2.57. The number of allylic oxidation sites excluding steroid dienone is 4. The third-order valence-electron chi connectivity index (χ3n) is 4.78. The van der Waals surface area contributed by atoms with E-state index in [-0.39, 0.29) is 22.0 Å². The smallest absolute Gasteiger partial charge is 0.185 e. The molecule has 1 nitrogen and oxygen atoms in total. The van der Waals surface area contributed by atoms with Crippen molar-refractivity contribution in [3.8, 4) is 0 Å². The van der Waals surface area contributed by atoms with E-state index in [0.717, 1.165) is 17.6 Å². The Morgan fingerprint density at radius 3 is 1.42 bits per heavy atom. The average Bonchev–Trinajstić information content (AvgIpc) is 2.68. The lowest BCUT2D eigenvalue weighted by atomic mass is 9.69. The molecule has 2 rings (SSSR count). The van der Waals surface area contributed by atoms with E-state index in [9.17, 15) is 4.79 Å². The van der Waals surface area contributed by atoms with Gasteiger partial charge in [-0.15, -0.1) is 0 Å². The van der Waals surface area contributed by atoms with Crippen LogP contribution < -0.4 is 0 Å². The van der Waals surface area contributed by atoms with Crippen LogP contribution in [-0.4, -0.2) is 5.78 Å². The predicted molar refractivity (Wildman–Crippen MR) is 80.9 cm³/mol. The molecular weight excluding hydrogens is 232 g/mol. The maximum Gasteiger partial charge on any atom is 0.185 e. The summed E-state index contributed by atoms with van der Waals surface area (Å²) >= 11 is 0. The molecule has 1 spiro atoms. The third-order valence-corrected chi connectivity index (χ3v) is 4.78. The number of hydrogen-bond acceptors (Lipinski definition) is 1. The van der Waals surface area contributed by atoms with Gasteiger partial charge in [0.1, 0.15) is 0 Å². The highest BCUT2D eigenvalue weighted by Gasteiger charge is 2.60. The molecule has 0 amide bonds. The van der Waals surface area contributed by atoms with E-state index in [4.69, 9.17) is 0 Å². The van der Waals surface area contributed by atoms with Crippen molar-refractivity contribution in [2.45, 2.75) is 61.8 Å². The van der Waals surface area contributed by atoms with E-state index in [0.29, 0.717) is 5.41 Å². The van der Waals surface area contributed by atoms with Gasteiger partial charge in [0.25, 0.3) is 0 Å². The molecule has 0 aromatic rings. The number of ketones is 1. The fourth-order valence-corrected chi connectivity index (χ4v) is 3.13.